The van der Waals surface area contributed by atoms with E-state index >= 15 is 0 Å². The van der Waals surface area contributed by atoms with Crippen molar-refractivity contribution >= 4 is 11.2 Å². The molecule has 0 fully saturated rings. The molecule has 9 heteroatoms. The molecule has 23 heavy (non-hydrogen) atoms. The van der Waals surface area contributed by atoms with Crippen LogP contribution in [0.3, 0.4) is 0 Å². The zero-order chi connectivity index (χ0) is 15.8. The molecule has 4 aromatic rings. The van der Waals surface area contributed by atoms with Crippen LogP contribution < -0.4 is 5.56 Å². The first-order valence-electron chi connectivity index (χ1n) is 6.88. The minimum atomic E-state index is -0.312. The van der Waals surface area contributed by atoms with E-state index in [-0.39, 0.29) is 17.6 Å². The molecule has 0 spiro atoms. The fourth-order valence-electron chi connectivity index (χ4n) is 2.25. The van der Waals surface area contributed by atoms with E-state index < -0.39 is 0 Å². The Morgan fingerprint density at radius 2 is 2.04 bits per heavy atom. The van der Waals surface area contributed by atoms with Crippen molar-refractivity contribution in [2.75, 3.05) is 0 Å². The van der Waals surface area contributed by atoms with Gasteiger partial charge in [0.25, 0.3) is 5.56 Å². The van der Waals surface area contributed by atoms with Gasteiger partial charge in [0.2, 0.25) is 5.89 Å². The lowest BCUT2D eigenvalue weighted by Crippen LogP contribution is -2.21. The summed E-state index contributed by atoms with van der Waals surface area (Å²) >= 11 is 0. The van der Waals surface area contributed by atoms with Crippen molar-refractivity contribution < 1.29 is 4.52 Å². The first-order valence-corrected chi connectivity index (χ1v) is 6.88. The molecule has 0 bridgehead atoms. The second-order valence-corrected chi connectivity index (χ2v) is 4.92. The smallest absolute Gasteiger partial charge is 0.284 e. The van der Waals surface area contributed by atoms with Crippen LogP contribution in [0.2, 0.25) is 0 Å². The summed E-state index contributed by atoms with van der Waals surface area (Å²) in [6, 6.07) is 9.38. The normalized spacial score (nSPS) is 11.2. The number of rotatable bonds is 3. The third-order valence-corrected chi connectivity index (χ3v) is 3.31. The predicted octanol–water partition coefficient (Wildman–Crippen LogP) is 0.717. The predicted molar refractivity (Wildman–Crippen MR) is 79.1 cm³/mol. The van der Waals surface area contributed by atoms with Gasteiger partial charge >= 0.3 is 0 Å². The molecule has 9 nitrogen and oxygen atoms in total. The molecular formula is C14H11N7O2. The Morgan fingerprint density at radius 1 is 1.22 bits per heavy atom. The van der Waals surface area contributed by atoms with E-state index in [1.807, 2.05) is 30.3 Å². The molecule has 114 valence electrons. The maximum Gasteiger partial charge on any atom is 0.284 e. The number of hydrogen-bond donors (Lipinski definition) is 0. The van der Waals surface area contributed by atoms with Crippen LogP contribution in [0.25, 0.3) is 16.9 Å². The Labute approximate surface area is 129 Å². The van der Waals surface area contributed by atoms with E-state index in [1.165, 1.54) is 15.6 Å². The van der Waals surface area contributed by atoms with E-state index in [2.05, 4.69) is 25.4 Å². The number of benzene rings is 1. The second kappa shape index (κ2) is 5.13. The van der Waals surface area contributed by atoms with Crippen molar-refractivity contribution in [1.82, 2.24) is 34.7 Å². The van der Waals surface area contributed by atoms with E-state index in [0.29, 0.717) is 17.4 Å². The molecule has 0 N–H and O–H groups in total. The SMILES string of the molecule is Cc1noc(Cn2cnc3c(nnn3-c3ccccc3)c2=O)n1. The topological polar surface area (TPSA) is 105 Å². The lowest BCUT2D eigenvalue weighted by atomic mass is 10.3. The Morgan fingerprint density at radius 3 is 2.78 bits per heavy atom. The minimum absolute atomic E-state index is 0.140. The Balaban J connectivity index is 1.79. The quantitative estimate of drug-likeness (QED) is 0.549. The highest BCUT2D eigenvalue weighted by atomic mass is 16.5. The molecule has 3 aromatic heterocycles. The zero-order valence-electron chi connectivity index (χ0n) is 12.1. The van der Waals surface area contributed by atoms with Gasteiger partial charge in [0.15, 0.2) is 17.0 Å². The molecule has 3 heterocycles. The molecule has 0 saturated heterocycles. The number of fused-ring (bicyclic) bond motifs is 1. The number of aryl methyl sites for hydroxylation is 1. The van der Waals surface area contributed by atoms with Crippen LogP contribution in [-0.4, -0.2) is 34.7 Å². The second-order valence-electron chi connectivity index (χ2n) is 4.92. The van der Waals surface area contributed by atoms with Crippen LogP contribution in [0.1, 0.15) is 11.7 Å². The van der Waals surface area contributed by atoms with Crippen LogP contribution in [0.15, 0.2) is 46.0 Å². The lowest BCUT2D eigenvalue weighted by molar-refractivity contribution is 0.366. The number of aromatic nitrogens is 7. The minimum Gasteiger partial charge on any atom is -0.337 e. The van der Waals surface area contributed by atoms with E-state index in [1.54, 1.807) is 6.92 Å². The monoisotopic (exact) mass is 309 g/mol. The highest BCUT2D eigenvalue weighted by Gasteiger charge is 2.14. The van der Waals surface area contributed by atoms with Gasteiger partial charge in [0.05, 0.1) is 5.69 Å². The molecule has 0 radical (unpaired) electrons. The molecular weight excluding hydrogens is 298 g/mol. The van der Waals surface area contributed by atoms with Gasteiger partial charge < -0.3 is 4.52 Å². The van der Waals surface area contributed by atoms with Crippen LogP contribution >= 0.6 is 0 Å². The van der Waals surface area contributed by atoms with Gasteiger partial charge in [-0.2, -0.15) is 9.67 Å². The van der Waals surface area contributed by atoms with Gasteiger partial charge in [0.1, 0.15) is 12.9 Å². The van der Waals surface area contributed by atoms with Crippen LogP contribution in [-0.2, 0) is 6.54 Å². The molecule has 0 atom stereocenters. The average Bonchev–Trinajstić information content (AvgIpc) is 3.17. The molecule has 1 aromatic carbocycles. The van der Waals surface area contributed by atoms with Gasteiger partial charge in [0, 0.05) is 0 Å². The third kappa shape index (κ3) is 2.27. The van der Waals surface area contributed by atoms with Gasteiger partial charge in [-0.1, -0.05) is 28.6 Å². The van der Waals surface area contributed by atoms with Crippen molar-refractivity contribution in [2.45, 2.75) is 13.5 Å². The van der Waals surface area contributed by atoms with E-state index in [9.17, 15) is 4.79 Å². The molecule has 0 aliphatic carbocycles. The van der Waals surface area contributed by atoms with Crippen molar-refractivity contribution in [3.8, 4) is 5.69 Å². The summed E-state index contributed by atoms with van der Waals surface area (Å²) in [6.07, 6.45) is 1.42. The first kappa shape index (κ1) is 13.3. The molecule has 0 aliphatic heterocycles. The fourth-order valence-corrected chi connectivity index (χ4v) is 2.25. The Hall–Kier alpha value is -3.36. The summed E-state index contributed by atoms with van der Waals surface area (Å²) in [5.41, 5.74) is 1.06. The number of hydrogen-bond acceptors (Lipinski definition) is 7. The summed E-state index contributed by atoms with van der Waals surface area (Å²) in [4.78, 5) is 20.9. The summed E-state index contributed by atoms with van der Waals surface area (Å²) in [6.45, 7) is 1.85. The fraction of sp³-hybridized carbons (Fsp3) is 0.143. The molecule has 0 unspecified atom stereocenters. The standard InChI is InChI=1S/C14H11N7O2/c1-9-16-11(23-18-9)7-20-8-15-13-12(14(20)22)17-19-21(13)10-5-3-2-4-6-10/h2-6,8H,7H2,1H3. The maximum absolute atomic E-state index is 12.5. The number of nitrogens with zero attached hydrogens (tertiary/aromatic N) is 7. The zero-order valence-corrected chi connectivity index (χ0v) is 12.1. The van der Waals surface area contributed by atoms with Crippen molar-refractivity contribution in [1.29, 1.82) is 0 Å². The summed E-state index contributed by atoms with van der Waals surface area (Å²) in [5.74, 6) is 0.846. The van der Waals surface area contributed by atoms with Crippen molar-refractivity contribution in [2.24, 2.45) is 0 Å². The van der Waals surface area contributed by atoms with Crippen LogP contribution in [0.5, 0.6) is 0 Å². The lowest BCUT2D eigenvalue weighted by Gasteiger charge is -2.02. The van der Waals surface area contributed by atoms with E-state index in [4.69, 9.17) is 4.52 Å². The largest absolute Gasteiger partial charge is 0.337 e. The molecule has 0 aliphatic rings. The van der Waals surface area contributed by atoms with Crippen molar-refractivity contribution in [3.05, 3.63) is 58.7 Å². The summed E-state index contributed by atoms with van der Waals surface area (Å²) < 4.78 is 7.91. The van der Waals surface area contributed by atoms with Gasteiger partial charge in [-0.05, 0) is 19.1 Å². The maximum atomic E-state index is 12.5. The highest BCUT2D eigenvalue weighted by Crippen LogP contribution is 2.11. The Kier molecular flexibility index (Phi) is 2.97. The van der Waals surface area contributed by atoms with Gasteiger partial charge in [-0.15, -0.1) is 5.10 Å². The first-order chi connectivity index (χ1) is 11.2. The average molecular weight is 309 g/mol. The number of para-hydroxylation sites is 1. The third-order valence-electron chi connectivity index (χ3n) is 3.31. The van der Waals surface area contributed by atoms with Crippen LogP contribution in [0.4, 0.5) is 0 Å². The molecule has 4 rings (SSSR count). The van der Waals surface area contributed by atoms with Gasteiger partial charge in [-0.25, -0.2) is 4.98 Å². The molecule has 0 saturated carbocycles. The van der Waals surface area contributed by atoms with Gasteiger partial charge in [-0.3, -0.25) is 9.36 Å². The molecule has 0 amide bonds. The summed E-state index contributed by atoms with van der Waals surface area (Å²) in [7, 11) is 0. The summed E-state index contributed by atoms with van der Waals surface area (Å²) in [5, 5.41) is 11.7. The van der Waals surface area contributed by atoms with E-state index in [0.717, 1.165) is 5.69 Å². The highest BCUT2D eigenvalue weighted by molar-refractivity contribution is 5.70. The van der Waals surface area contributed by atoms with Crippen LogP contribution in [0, 0.1) is 6.92 Å². The Bertz CT molecular complexity index is 1030. The van der Waals surface area contributed by atoms with Crippen molar-refractivity contribution in [3.63, 3.8) is 0 Å².